The van der Waals surface area contributed by atoms with Crippen molar-refractivity contribution in [3.05, 3.63) is 53.2 Å². The van der Waals surface area contributed by atoms with Gasteiger partial charge in [0.15, 0.2) is 10.8 Å². The van der Waals surface area contributed by atoms with Gasteiger partial charge in [0, 0.05) is 18.9 Å². The van der Waals surface area contributed by atoms with Crippen molar-refractivity contribution in [3.8, 4) is 0 Å². The molecule has 27 heavy (non-hydrogen) atoms. The third-order valence-electron chi connectivity index (χ3n) is 3.86. The molecule has 1 aromatic carbocycles. The molecular formula is C17H14ClF3N4OS. The number of aromatic nitrogens is 3. The third kappa shape index (κ3) is 4.03. The number of para-hydroxylation sites is 1. The predicted molar refractivity (Wildman–Crippen MR) is 98.2 cm³/mol. The fraction of sp³-hybridized carbons (Fsp3) is 0.235. The summed E-state index contributed by atoms with van der Waals surface area (Å²) in [4.78, 5) is 14.1. The molecule has 0 aliphatic heterocycles. The van der Waals surface area contributed by atoms with Crippen molar-refractivity contribution in [1.29, 1.82) is 0 Å². The van der Waals surface area contributed by atoms with Gasteiger partial charge < -0.3 is 4.90 Å². The normalized spacial score (nSPS) is 13.0. The second-order valence-electron chi connectivity index (χ2n) is 5.74. The van der Waals surface area contributed by atoms with Crippen LogP contribution in [0.15, 0.2) is 47.8 Å². The zero-order chi connectivity index (χ0) is 19.8. The van der Waals surface area contributed by atoms with Crippen molar-refractivity contribution in [2.24, 2.45) is 0 Å². The van der Waals surface area contributed by atoms with Crippen LogP contribution in [0, 0.1) is 0 Å². The number of amides is 1. The maximum Gasteiger partial charge on any atom is 0.417 e. The zero-order valence-corrected chi connectivity index (χ0v) is 15.8. The molecule has 1 atom stereocenters. The monoisotopic (exact) mass is 414 g/mol. The summed E-state index contributed by atoms with van der Waals surface area (Å²) in [6, 6.07) is 9.84. The molecule has 0 saturated heterocycles. The Morgan fingerprint density at radius 1 is 1.26 bits per heavy atom. The van der Waals surface area contributed by atoms with Crippen molar-refractivity contribution in [2.45, 2.75) is 23.5 Å². The summed E-state index contributed by atoms with van der Waals surface area (Å²) in [5.74, 6) is -0.221. The summed E-state index contributed by atoms with van der Waals surface area (Å²) in [6.07, 6.45) is -3.68. The van der Waals surface area contributed by atoms with Crippen LogP contribution in [0.1, 0.15) is 12.5 Å². The van der Waals surface area contributed by atoms with Crippen molar-refractivity contribution >= 4 is 40.6 Å². The number of anilines is 1. The zero-order valence-electron chi connectivity index (χ0n) is 14.2. The van der Waals surface area contributed by atoms with Crippen LogP contribution in [-0.4, -0.2) is 32.8 Å². The highest BCUT2D eigenvalue weighted by Gasteiger charge is 2.32. The number of pyridine rings is 1. The Balaban J connectivity index is 1.88. The van der Waals surface area contributed by atoms with E-state index < -0.39 is 17.0 Å². The Hall–Kier alpha value is -2.26. The van der Waals surface area contributed by atoms with E-state index in [1.807, 2.05) is 18.2 Å². The molecule has 1 amide bonds. The SMILES string of the molecule is CC(Sc1nnc2c(Cl)cc(C(F)(F)F)cn12)C(=O)N(C)c1ccccc1. The van der Waals surface area contributed by atoms with E-state index in [-0.39, 0.29) is 21.7 Å². The summed E-state index contributed by atoms with van der Waals surface area (Å²) in [5, 5.41) is 7.10. The van der Waals surface area contributed by atoms with Crippen LogP contribution >= 0.6 is 23.4 Å². The summed E-state index contributed by atoms with van der Waals surface area (Å²) in [6.45, 7) is 1.66. The van der Waals surface area contributed by atoms with Crippen LogP contribution in [0.2, 0.25) is 5.02 Å². The van der Waals surface area contributed by atoms with Crippen LogP contribution in [0.4, 0.5) is 18.9 Å². The van der Waals surface area contributed by atoms with Gasteiger partial charge in [0.25, 0.3) is 0 Å². The van der Waals surface area contributed by atoms with Gasteiger partial charge in [-0.25, -0.2) is 0 Å². The number of carbonyl (C=O) groups is 1. The fourth-order valence-corrected chi connectivity index (χ4v) is 3.59. The van der Waals surface area contributed by atoms with Crippen molar-refractivity contribution in [1.82, 2.24) is 14.6 Å². The highest BCUT2D eigenvalue weighted by Crippen LogP contribution is 2.34. The van der Waals surface area contributed by atoms with Gasteiger partial charge in [-0.15, -0.1) is 10.2 Å². The van der Waals surface area contributed by atoms with Crippen LogP contribution in [-0.2, 0) is 11.0 Å². The van der Waals surface area contributed by atoms with Crippen LogP contribution < -0.4 is 4.90 Å². The first-order chi connectivity index (χ1) is 12.7. The number of carbonyl (C=O) groups excluding carboxylic acids is 1. The number of thioether (sulfide) groups is 1. The van der Waals surface area contributed by atoms with Crippen molar-refractivity contribution in [3.63, 3.8) is 0 Å². The molecule has 0 aliphatic carbocycles. The number of fused-ring (bicyclic) bond motifs is 1. The number of alkyl halides is 3. The number of halogens is 4. The number of benzene rings is 1. The largest absolute Gasteiger partial charge is 0.417 e. The van der Waals surface area contributed by atoms with Gasteiger partial charge in [-0.3, -0.25) is 9.20 Å². The quantitative estimate of drug-likeness (QED) is 0.588. The molecule has 0 fully saturated rings. The van der Waals surface area contributed by atoms with Crippen LogP contribution in [0.5, 0.6) is 0 Å². The number of nitrogens with zero attached hydrogens (tertiary/aromatic N) is 4. The minimum Gasteiger partial charge on any atom is -0.315 e. The lowest BCUT2D eigenvalue weighted by Crippen LogP contribution is -2.33. The van der Waals surface area contributed by atoms with E-state index in [0.29, 0.717) is 5.69 Å². The molecule has 2 aromatic heterocycles. The molecule has 3 rings (SSSR count). The topological polar surface area (TPSA) is 50.5 Å². The fourth-order valence-electron chi connectivity index (χ4n) is 2.43. The molecule has 0 radical (unpaired) electrons. The van der Waals surface area contributed by atoms with Crippen LogP contribution in [0.25, 0.3) is 5.65 Å². The first-order valence-corrected chi connectivity index (χ1v) is 9.05. The highest BCUT2D eigenvalue weighted by molar-refractivity contribution is 8.00. The molecule has 0 N–H and O–H groups in total. The molecule has 10 heteroatoms. The van der Waals surface area contributed by atoms with Gasteiger partial charge in [0.05, 0.1) is 15.8 Å². The maximum absolute atomic E-state index is 13.0. The molecular weight excluding hydrogens is 401 g/mol. The second kappa shape index (κ2) is 7.40. The van der Waals surface area contributed by atoms with Crippen molar-refractivity contribution < 1.29 is 18.0 Å². The Bertz CT molecular complexity index is 977. The third-order valence-corrected chi connectivity index (χ3v) is 5.18. The Morgan fingerprint density at radius 3 is 2.56 bits per heavy atom. The molecule has 2 heterocycles. The molecule has 0 aliphatic rings. The van der Waals surface area contributed by atoms with Crippen molar-refractivity contribution in [2.75, 3.05) is 11.9 Å². The van der Waals surface area contributed by atoms with E-state index in [1.165, 1.54) is 4.90 Å². The average Bonchev–Trinajstić information content (AvgIpc) is 3.04. The van der Waals surface area contributed by atoms with E-state index in [0.717, 1.165) is 28.4 Å². The van der Waals surface area contributed by atoms with E-state index in [1.54, 1.807) is 26.1 Å². The molecule has 0 spiro atoms. The molecule has 0 saturated carbocycles. The van der Waals surface area contributed by atoms with Gasteiger partial charge in [-0.1, -0.05) is 41.6 Å². The predicted octanol–water partition coefficient (Wildman–Crippen LogP) is 4.55. The van der Waals surface area contributed by atoms with E-state index in [4.69, 9.17) is 11.6 Å². The molecule has 5 nitrogen and oxygen atoms in total. The summed E-state index contributed by atoms with van der Waals surface area (Å²) in [5.41, 5.74) is -0.103. The first-order valence-electron chi connectivity index (χ1n) is 7.79. The molecule has 3 aromatic rings. The number of hydrogen-bond donors (Lipinski definition) is 0. The lowest BCUT2D eigenvalue weighted by Gasteiger charge is -2.20. The first kappa shape index (κ1) is 19.5. The highest BCUT2D eigenvalue weighted by atomic mass is 35.5. The van der Waals surface area contributed by atoms with Gasteiger partial charge >= 0.3 is 6.18 Å². The smallest absolute Gasteiger partial charge is 0.315 e. The minimum atomic E-state index is -4.56. The Labute approximate surface area is 162 Å². The molecule has 0 bridgehead atoms. The van der Waals surface area contributed by atoms with Gasteiger partial charge in [0.1, 0.15) is 0 Å². The lowest BCUT2D eigenvalue weighted by molar-refractivity contribution is -0.137. The lowest BCUT2D eigenvalue weighted by atomic mass is 10.3. The molecule has 1 unspecified atom stereocenters. The summed E-state index contributed by atoms with van der Waals surface area (Å²) in [7, 11) is 1.63. The number of hydrogen-bond acceptors (Lipinski definition) is 4. The summed E-state index contributed by atoms with van der Waals surface area (Å²) < 4.78 is 40.3. The van der Waals surface area contributed by atoms with E-state index >= 15 is 0 Å². The van der Waals surface area contributed by atoms with E-state index in [9.17, 15) is 18.0 Å². The van der Waals surface area contributed by atoms with Gasteiger partial charge in [-0.05, 0) is 25.1 Å². The average molecular weight is 415 g/mol. The van der Waals surface area contributed by atoms with E-state index in [2.05, 4.69) is 10.2 Å². The second-order valence-corrected chi connectivity index (χ2v) is 7.46. The standard InChI is InChI=1S/C17H14ClF3N4OS/c1-10(15(26)24(2)12-6-4-3-5-7-12)27-16-23-22-14-13(18)8-11(9-25(14)16)17(19,20)21/h3-10H,1-2H3. The maximum atomic E-state index is 13.0. The Kier molecular flexibility index (Phi) is 5.34. The van der Waals surface area contributed by atoms with Gasteiger partial charge in [-0.2, -0.15) is 13.2 Å². The number of rotatable bonds is 4. The minimum absolute atomic E-state index is 0.100. The Morgan fingerprint density at radius 2 is 1.93 bits per heavy atom. The molecule has 142 valence electrons. The van der Waals surface area contributed by atoms with Gasteiger partial charge in [0.2, 0.25) is 5.91 Å². The summed E-state index contributed by atoms with van der Waals surface area (Å²) >= 11 is 6.91. The van der Waals surface area contributed by atoms with Crippen LogP contribution in [0.3, 0.4) is 0 Å².